The van der Waals surface area contributed by atoms with Crippen LogP contribution in [0.25, 0.3) is 0 Å². The summed E-state index contributed by atoms with van der Waals surface area (Å²) in [7, 11) is 0. The van der Waals surface area contributed by atoms with Crippen molar-refractivity contribution in [3.63, 3.8) is 0 Å². The van der Waals surface area contributed by atoms with Crippen molar-refractivity contribution >= 4 is 15.9 Å². The zero-order valence-electron chi connectivity index (χ0n) is 10.4. The Balaban J connectivity index is 2.25. The van der Waals surface area contributed by atoms with Crippen LogP contribution in [0.4, 0.5) is 0 Å². The Labute approximate surface area is 103 Å². The van der Waals surface area contributed by atoms with Gasteiger partial charge in [-0.1, -0.05) is 29.3 Å². The molecule has 0 saturated carbocycles. The minimum absolute atomic E-state index is 0.713. The van der Waals surface area contributed by atoms with Gasteiger partial charge in [0.25, 0.3) is 0 Å². The van der Waals surface area contributed by atoms with Crippen LogP contribution in [0.1, 0.15) is 27.2 Å². The molecule has 3 heteroatoms. The van der Waals surface area contributed by atoms with Crippen molar-refractivity contribution in [2.45, 2.75) is 33.2 Å². The number of piperazine rings is 1. The van der Waals surface area contributed by atoms with Gasteiger partial charge in [-0.25, -0.2) is 0 Å². The maximum atomic E-state index is 3.60. The highest BCUT2D eigenvalue weighted by molar-refractivity contribution is 9.09. The van der Waals surface area contributed by atoms with Crippen LogP contribution >= 0.6 is 15.9 Å². The van der Waals surface area contributed by atoms with Gasteiger partial charge in [0, 0.05) is 44.1 Å². The van der Waals surface area contributed by atoms with Crippen LogP contribution in [-0.4, -0.2) is 53.9 Å². The van der Waals surface area contributed by atoms with Crippen LogP contribution in [0.15, 0.2) is 0 Å². The Morgan fingerprint density at radius 1 is 1.13 bits per heavy atom. The Kier molecular flexibility index (Phi) is 6.17. The lowest BCUT2D eigenvalue weighted by atomic mass is 10.1. The van der Waals surface area contributed by atoms with Gasteiger partial charge in [-0.05, 0) is 19.8 Å². The molecule has 1 unspecified atom stereocenters. The molecule has 1 fully saturated rings. The van der Waals surface area contributed by atoms with Gasteiger partial charge in [0.05, 0.1) is 0 Å². The third kappa shape index (κ3) is 4.41. The predicted octanol–water partition coefficient (Wildman–Crippen LogP) is 2.43. The zero-order valence-corrected chi connectivity index (χ0v) is 12.0. The van der Waals surface area contributed by atoms with E-state index in [-0.39, 0.29) is 0 Å². The molecule has 0 aromatic rings. The summed E-state index contributed by atoms with van der Waals surface area (Å²) in [5.41, 5.74) is 0. The maximum absolute atomic E-state index is 3.60. The summed E-state index contributed by atoms with van der Waals surface area (Å²) in [6.45, 7) is 13.1. The van der Waals surface area contributed by atoms with E-state index in [1.165, 1.54) is 39.1 Å². The maximum Gasteiger partial charge on any atom is 0.0113 e. The van der Waals surface area contributed by atoms with Crippen molar-refractivity contribution in [1.82, 2.24) is 9.80 Å². The monoisotopic (exact) mass is 276 g/mol. The van der Waals surface area contributed by atoms with Crippen LogP contribution in [-0.2, 0) is 0 Å². The van der Waals surface area contributed by atoms with Gasteiger partial charge < -0.3 is 4.90 Å². The van der Waals surface area contributed by atoms with Gasteiger partial charge in [-0.2, -0.15) is 0 Å². The summed E-state index contributed by atoms with van der Waals surface area (Å²) in [4.78, 5) is 5.19. The molecule has 0 aliphatic carbocycles. The van der Waals surface area contributed by atoms with Crippen molar-refractivity contribution in [3.05, 3.63) is 0 Å². The van der Waals surface area contributed by atoms with E-state index in [1.54, 1.807) is 0 Å². The van der Waals surface area contributed by atoms with Crippen LogP contribution < -0.4 is 0 Å². The molecule has 90 valence electrons. The second-order valence-corrected chi connectivity index (χ2v) is 5.51. The molecule has 0 spiro atoms. The van der Waals surface area contributed by atoms with E-state index < -0.39 is 0 Å². The fraction of sp³-hybridized carbons (Fsp3) is 1.00. The summed E-state index contributed by atoms with van der Waals surface area (Å²) >= 11 is 3.60. The average molecular weight is 277 g/mol. The van der Waals surface area contributed by atoms with Crippen LogP contribution in [0, 0.1) is 5.92 Å². The lowest BCUT2D eigenvalue weighted by Crippen LogP contribution is -2.49. The molecule has 1 heterocycles. The van der Waals surface area contributed by atoms with E-state index in [0.29, 0.717) is 6.04 Å². The molecule has 0 bridgehead atoms. The second kappa shape index (κ2) is 6.87. The molecule has 0 radical (unpaired) electrons. The predicted molar refractivity (Wildman–Crippen MR) is 70.7 cm³/mol. The lowest BCUT2D eigenvalue weighted by molar-refractivity contribution is 0.0988. The first kappa shape index (κ1) is 13.5. The molecule has 0 N–H and O–H groups in total. The normalized spacial score (nSPS) is 22.2. The second-order valence-electron chi connectivity index (χ2n) is 4.86. The Hall–Kier alpha value is 0.400. The van der Waals surface area contributed by atoms with Gasteiger partial charge in [0.2, 0.25) is 0 Å². The van der Waals surface area contributed by atoms with E-state index in [9.17, 15) is 0 Å². The van der Waals surface area contributed by atoms with Gasteiger partial charge in [0.15, 0.2) is 0 Å². The standard InChI is InChI=1S/C12H25BrN2/c1-4-12(9-13)10-14-5-7-15(8-6-14)11(2)3/h11-12H,4-10H2,1-3H3. The Morgan fingerprint density at radius 3 is 2.13 bits per heavy atom. The highest BCUT2D eigenvalue weighted by Crippen LogP contribution is 2.12. The molecule has 1 atom stereocenters. The van der Waals surface area contributed by atoms with E-state index in [2.05, 4.69) is 46.5 Å². The summed E-state index contributed by atoms with van der Waals surface area (Å²) in [5, 5.41) is 1.15. The van der Waals surface area contributed by atoms with Crippen molar-refractivity contribution in [2.24, 2.45) is 5.92 Å². The molecular formula is C12H25BrN2. The molecule has 0 amide bonds. The van der Waals surface area contributed by atoms with Gasteiger partial charge in [0.1, 0.15) is 0 Å². The largest absolute Gasteiger partial charge is 0.300 e. The zero-order chi connectivity index (χ0) is 11.3. The number of hydrogen-bond donors (Lipinski definition) is 0. The number of nitrogens with zero attached hydrogens (tertiary/aromatic N) is 2. The Bertz CT molecular complexity index is 161. The molecule has 1 rings (SSSR count). The van der Waals surface area contributed by atoms with E-state index in [4.69, 9.17) is 0 Å². The summed E-state index contributed by atoms with van der Waals surface area (Å²) in [6, 6.07) is 0.713. The third-order valence-electron chi connectivity index (χ3n) is 3.45. The van der Waals surface area contributed by atoms with E-state index in [0.717, 1.165) is 11.2 Å². The molecule has 1 aliphatic heterocycles. The van der Waals surface area contributed by atoms with E-state index in [1.807, 2.05) is 0 Å². The Morgan fingerprint density at radius 2 is 1.73 bits per heavy atom. The molecule has 1 aliphatic rings. The molecule has 0 aromatic carbocycles. The lowest BCUT2D eigenvalue weighted by Gasteiger charge is -2.38. The van der Waals surface area contributed by atoms with Gasteiger partial charge >= 0.3 is 0 Å². The quantitative estimate of drug-likeness (QED) is 0.712. The van der Waals surface area contributed by atoms with Crippen LogP contribution in [0.5, 0.6) is 0 Å². The topological polar surface area (TPSA) is 6.48 Å². The molecule has 0 aromatic heterocycles. The van der Waals surface area contributed by atoms with Gasteiger partial charge in [-0.3, -0.25) is 4.90 Å². The minimum Gasteiger partial charge on any atom is -0.300 e. The first-order valence-corrected chi connectivity index (χ1v) is 7.31. The number of alkyl halides is 1. The fourth-order valence-electron chi connectivity index (χ4n) is 2.11. The van der Waals surface area contributed by atoms with Crippen LogP contribution in [0.2, 0.25) is 0 Å². The number of rotatable bonds is 5. The van der Waals surface area contributed by atoms with Gasteiger partial charge in [-0.15, -0.1) is 0 Å². The molecule has 2 nitrogen and oxygen atoms in total. The first-order valence-electron chi connectivity index (χ1n) is 6.19. The van der Waals surface area contributed by atoms with Crippen molar-refractivity contribution in [2.75, 3.05) is 38.1 Å². The van der Waals surface area contributed by atoms with Crippen molar-refractivity contribution < 1.29 is 0 Å². The summed E-state index contributed by atoms with van der Waals surface area (Å²) in [5.74, 6) is 0.829. The minimum atomic E-state index is 0.713. The molecular weight excluding hydrogens is 252 g/mol. The highest BCUT2D eigenvalue weighted by Gasteiger charge is 2.20. The number of hydrogen-bond acceptors (Lipinski definition) is 2. The molecule has 1 saturated heterocycles. The van der Waals surface area contributed by atoms with E-state index >= 15 is 0 Å². The van der Waals surface area contributed by atoms with Crippen LogP contribution in [0.3, 0.4) is 0 Å². The first-order chi connectivity index (χ1) is 7.17. The third-order valence-corrected chi connectivity index (χ3v) is 4.36. The fourth-order valence-corrected chi connectivity index (χ4v) is 2.78. The SMILES string of the molecule is CCC(CBr)CN1CCN(C(C)C)CC1. The van der Waals surface area contributed by atoms with Crippen molar-refractivity contribution in [3.8, 4) is 0 Å². The highest BCUT2D eigenvalue weighted by atomic mass is 79.9. The van der Waals surface area contributed by atoms with Crippen molar-refractivity contribution in [1.29, 1.82) is 0 Å². The number of halogens is 1. The average Bonchev–Trinajstić information content (AvgIpc) is 2.26. The smallest absolute Gasteiger partial charge is 0.0113 e. The molecule has 15 heavy (non-hydrogen) atoms. The summed E-state index contributed by atoms with van der Waals surface area (Å²) in [6.07, 6.45) is 1.29. The summed E-state index contributed by atoms with van der Waals surface area (Å²) < 4.78 is 0.